The van der Waals surface area contributed by atoms with E-state index in [1.165, 1.54) is 0 Å². The number of nitrogens with zero attached hydrogens (tertiary/aromatic N) is 2. The van der Waals surface area contributed by atoms with E-state index in [2.05, 4.69) is 16.6 Å². The van der Waals surface area contributed by atoms with Crippen molar-refractivity contribution in [3.8, 4) is 0 Å². The Morgan fingerprint density at radius 1 is 1.38 bits per heavy atom. The number of rotatable bonds is 5. The number of aromatic nitrogens is 1. The van der Waals surface area contributed by atoms with Gasteiger partial charge in [-0.25, -0.2) is 4.98 Å². The molecular weight excluding hydrogens is 306 g/mol. The molecule has 5 nitrogen and oxygen atoms in total. The van der Waals surface area contributed by atoms with Crippen molar-refractivity contribution < 1.29 is 8.42 Å². The van der Waals surface area contributed by atoms with Crippen LogP contribution in [0.15, 0.2) is 0 Å². The van der Waals surface area contributed by atoms with Crippen molar-refractivity contribution in [1.82, 2.24) is 14.0 Å². The van der Waals surface area contributed by atoms with Gasteiger partial charge in [0.25, 0.3) is 10.2 Å². The Bertz CT molecular complexity index is 556. The highest BCUT2D eigenvalue weighted by Gasteiger charge is 2.29. The van der Waals surface area contributed by atoms with E-state index in [4.69, 9.17) is 0 Å². The molecule has 1 aliphatic rings. The molecule has 21 heavy (non-hydrogen) atoms. The quantitative estimate of drug-likeness (QED) is 0.902. The summed E-state index contributed by atoms with van der Waals surface area (Å²) in [4.78, 5) is 5.64. The fraction of sp³-hybridized carbons (Fsp3) is 0.786. The minimum Gasteiger partial charge on any atom is -0.245 e. The van der Waals surface area contributed by atoms with E-state index >= 15 is 0 Å². The van der Waals surface area contributed by atoms with Crippen molar-refractivity contribution in [1.29, 1.82) is 0 Å². The molecule has 1 aromatic rings. The van der Waals surface area contributed by atoms with Crippen LogP contribution in [0.3, 0.4) is 0 Å². The van der Waals surface area contributed by atoms with E-state index < -0.39 is 10.2 Å². The van der Waals surface area contributed by atoms with Crippen LogP contribution in [0.1, 0.15) is 54.7 Å². The van der Waals surface area contributed by atoms with Gasteiger partial charge in [-0.05, 0) is 39.0 Å². The second-order valence-electron chi connectivity index (χ2n) is 5.86. The second kappa shape index (κ2) is 6.73. The third-order valence-electron chi connectivity index (χ3n) is 4.13. The molecule has 1 aromatic heterocycles. The molecule has 0 bridgehead atoms. The van der Waals surface area contributed by atoms with Crippen molar-refractivity contribution >= 4 is 21.5 Å². The Hall–Kier alpha value is -0.500. The van der Waals surface area contributed by atoms with Gasteiger partial charge in [-0.2, -0.15) is 17.4 Å². The van der Waals surface area contributed by atoms with Crippen molar-refractivity contribution in [2.75, 3.05) is 13.1 Å². The second-order valence-corrected chi connectivity index (χ2v) is 8.80. The predicted molar refractivity (Wildman–Crippen MR) is 86.6 cm³/mol. The van der Waals surface area contributed by atoms with E-state index in [1.54, 1.807) is 15.6 Å². The fourth-order valence-corrected chi connectivity index (χ4v) is 5.05. The van der Waals surface area contributed by atoms with Crippen LogP contribution in [-0.4, -0.2) is 30.8 Å². The molecule has 120 valence electrons. The molecule has 1 saturated heterocycles. The van der Waals surface area contributed by atoms with Crippen molar-refractivity contribution in [2.24, 2.45) is 5.92 Å². The average molecular weight is 332 g/mol. The molecule has 7 heteroatoms. The van der Waals surface area contributed by atoms with Crippen LogP contribution in [-0.2, 0) is 10.2 Å². The number of aryl methyl sites for hydroxylation is 2. The summed E-state index contributed by atoms with van der Waals surface area (Å²) in [6, 6.07) is -0.230. The number of hydrogen-bond donors (Lipinski definition) is 1. The third kappa shape index (κ3) is 4.03. The first-order chi connectivity index (χ1) is 9.83. The normalized spacial score (nSPS) is 19.8. The largest absolute Gasteiger partial charge is 0.280 e. The minimum atomic E-state index is -3.42. The summed E-state index contributed by atoms with van der Waals surface area (Å²) in [5, 5.41) is 0.862. The van der Waals surface area contributed by atoms with Crippen molar-refractivity contribution in [3.63, 3.8) is 0 Å². The van der Waals surface area contributed by atoms with E-state index in [9.17, 15) is 8.42 Å². The highest BCUT2D eigenvalue weighted by Crippen LogP contribution is 2.26. The zero-order chi connectivity index (χ0) is 15.6. The van der Waals surface area contributed by atoms with Gasteiger partial charge in [-0.3, -0.25) is 0 Å². The van der Waals surface area contributed by atoms with Crippen LogP contribution in [0.25, 0.3) is 0 Å². The summed E-state index contributed by atoms with van der Waals surface area (Å²) in [6.07, 6.45) is 2.58. The number of piperidine rings is 1. The molecule has 0 saturated carbocycles. The lowest BCUT2D eigenvalue weighted by Gasteiger charge is -2.30. The van der Waals surface area contributed by atoms with Gasteiger partial charge < -0.3 is 0 Å². The molecule has 1 atom stereocenters. The van der Waals surface area contributed by atoms with Crippen LogP contribution < -0.4 is 4.72 Å². The van der Waals surface area contributed by atoms with Crippen LogP contribution in [0.2, 0.25) is 0 Å². The van der Waals surface area contributed by atoms with Gasteiger partial charge in [0.1, 0.15) is 5.01 Å². The maximum absolute atomic E-state index is 12.5. The van der Waals surface area contributed by atoms with Crippen molar-refractivity contribution in [2.45, 2.75) is 53.0 Å². The van der Waals surface area contributed by atoms with Gasteiger partial charge in [0.15, 0.2) is 0 Å². The molecule has 1 N–H and O–H groups in total. The number of thiazole rings is 1. The van der Waals surface area contributed by atoms with E-state index in [1.807, 2.05) is 20.8 Å². The minimum absolute atomic E-state index is 0.230. The van der Waals surface area contributed by atoms with E-state index in [0.29, 0.717) is 25.4 Å². The van der Waals surface area contributed by atoms with Crippen LogP contribution >= 0.6 is 11.3 Å². The molecule has 0 radical (unpaired) electrons. The Morgan fingerprint density at radius 3 is 2.48 bits per heavy atom. The Morgan fingerprint density at radius 2 is 2.00 bits per heavy atom. The molecule has 1 fully saturated rings. The van der Waals surface area contributed by atoms with Crippen LogP contribution in [0.5, 0.6) is 0 Å². The molecule has 0 amide bonds. The van der Waals surface area contributed by atoms with Gasteiger partial charge in [0, 0.05) is 18.0 Å². The molecule has 2 rings (SSSR count). The highest BCUT2D eigenvalue weighted by atomic mass is 32.2. The summed E-state index contributed by atoms with van der Waals surface area (Å²) in [5.74, 6) is 0.614. The Labute approximate surface area is 132 Å². The summed E-state index contributed by atoms with van der Waals surface area (Å²) >= 11 is 1.58. The van der Waals surface area contributed by atoms with E-state index in [0.717, 1.165) is 28.4 Å². The molecule has 0 aliphatic carbocycles. The first-order valence-electron chi connectivity index (χ1n) is 7.54. The topological polar surface area (TPSA) is 62.3 Å². The van der Waals surface area contributed by atoms with Crippen LogP contribution in [0, 0.1) is 19.8 Å². The SMILES string of the molecule is CC[C@H](NS(=O)(=O)N1CCC(C)CC1)c1nc(C)c(C)s1. The number of nitrogens with one attached hydrogen (secondary N) is 1. The van der Waals surface area contributed by atoms with Crippen LogP contribution in [0.4, 0.5) is 0 Å². The fourth-order valence-electron chi connectivity index (χ4n) is 2.43. The van der Waals surface area contributed by atoms with Crippen molar-refractivity contribution in [3.05, 3.63) is 15.6 Å². The summed E-state index contributed by atoms with van der Waals surface area (Å²) in [7, 11) is -3.42. The third-order valence-corrected chi connectivity index (χ3v) is 6.94. The summed E-state index contributed by atoms with van der Waals surface area (Å²) in [6.45, 7) is 9.36. The molecule has 0 spiro atoms. The Kier molecular flexibility index (Phi) is 5.40. The molecule has 0 aromatic carbocycles. The molecule has 1 aliphatic heterocycles. The highest BCUT2D eigenvalue weighted by molar-refractivity contribution is 7.87. The maximum Gasteiger partial charge on any atom is 0.280 e. The summed E-state index contributed by atoms with van der Waals surface area (Å²) in [5.41, 5.74) is 0.986. The molecule has 0 unspecified atom stereocenters. The van der Waals surface area contributed by atoms with Gasteiger partial charge in [0.05, 0.1) is 11.7 Å². The standard InChI is InChI=1S/C14H25N3O2S2/c1-5-13(14-15-11(3)12(4)20-14)16-21(18,19)17-8-6-10(2)7-9-17/h10,13,16H,5-9H2,1-4H3/t13-/m0/s1. The van der Waals surface area contributed by atoms with E-state index in [-0.39, 0.29) is 6.04 Å². The molecular formula is C14H25N3O2S2. The molecule has 2 heterocycles. The van der Waals surface area contributed by atoms with Gasteiger partial charge in [-0.1, -0.05) is 13.8 Å². The Balaban J connectivity index is 2.10. The predicted octanol–water partition coefficient (Wildman–Crippen LogP) is 2.78. The first kappa shape index (κ1) is 16.9. The smallest absolute Gasteiger partial charge is 0.245 e. The average Bonchev–Trinajstić information content (AvgIpc) is 2.76. The van der Waals surface area contributed by atoms with Gasteiger partial charge in [-0.15, -0.1) is 11.3 Å². The summed E-state index contributed by atoms with van der Waals surface area (Å²) < 4.78 is 29.4. The lowest BCUT2D eigenvalue weighted by Crippen LogP contribution is -2.45. The lowest BCUT2D eigenvalue weighted by atomic mass is 10.0. The number of hydrogen-bond acceptors (Lipinski definition) is 4. The monoisotopic (exact) mass is 331 g/mol. The van der Waals surface area contributed by atoms with Gasteiger partial charge in [0.2, 0.25) is 0 Å². The lowest BCUT2D eigenvalue weighted by molar-refractivity contribution is 0.283. The maximum atomic E-state index is 12.5. The zero-order valence-corrected chi connectivity index (χ0v) is 14.9. The zero-order valence-electron chi connectivity index (χ0n) is 13.2. The van der Waals surface area contributed by atoms with Gasteiger partial charge >= 0.3 is 0 Å². The first-order valence-corrected chi connectivity index (χ1v) is 9.80.